The van der Waals surface area contributed by atoms with Crippen LogP contribution in [0.3, 0.4) is 0 Å². The van der Waals surface area contributed by atoms with Gasteiger partial charge in [0, 0.05) is 32.3 Å². The predicted molar refractivity (Wildman–Crippen MR) is 94.5 cm³/mol. The maximum Gasteiger partial charge on any atom is 0.233 e. The summed E-state index contributed by atoms with van der Waals surface area (Å²) in [5.41, 5.74) is 1.72. The van der Waals surface area contributed by atoms with Gasteiger partial charge in [0.25, 0.3) is 0 Å². The Bertz CT molecular complexity index is 682. The Morgan fingerprint density at radius 2 is 1.42 bits per heavy atom. The molecule has 0 bridgehead atoms. The van der Waals surface area contributed by atoms with Gasteiger partial charge in [-0.25, -0.2) is 5.01 Å². The van der Waals surface area contributed by atoms with Gasteiger partial charge in [0.1, 0.15) is 0 Å². The number of Topliss-reactive ketones (excluding diaryl/α,β-unsaturated/α-hetero) is 2. The molecule has 0 aliphatic heterocycles. The summed E-state index contributed by atoms with van der Waals surface area (Å²) in [6.45, 7) is 1.28. The van der Waals surface area contributed by atoms with E-state index in [4.69, 9.17) is 4.74 Å². The van der Waals surface area contributed by atoms with Gasteiger partial charge >= 0.3 is 0 Å². The summed E-state index contributed by atoms with van der Waals surface area (Å²) in [5, 5.41) is 3.97. The van der Waals surface area contributed by atoms with Crippen molar-refractivity contribution in [2.75, 3.05) is 39.4 Å². The molecule has 2 rings (SSSR count). The number of hydrazine groups is 1. The molecule has 2 aromatic rings. The van der Waals surface area contributed by atoms with Gasteiger partial charge in [-0.05, 0) is 24.3 Å². The van der Waals surface area contributed by atoms with Gasteiger partial charge < -0.3 is 9.75 Å². The van der Waals surface area contributed by atoms with E-state index in [1.165, 1.54) is 0 Å². The molecule has 0 atom stereocenters. The Hall–Kier alpha value is -2.50. The van der Waals surface area contributed by atoms with E-state index in [1.807, 2.05) is 42.3 Å². The van der Waals surface area contributed by atoms with Crippen LogP contribution in [0, 0.1) is 0 Å². The second-order valence-electron chi connectivity index (χ2n) is 5.53. The molecule has 126 valence electrons. The molecule has 0 spiro atoms. The van der Waals surface area contributed by atoms with Gasteiger partial charge in [0.05, 0.1) is 18.8 Å². The summed E-state index contributed by atoms with van der Waals surface area (Å²) in [6, 6.07) is 15.6. The largest absolute Gasteiger partial charge is 0.383 e. The summed E-state index contributed by atoms with van der Waals surface area (Å²) in [5.74, 6) is -0.992. The molecule has 0 aliphatic rings. The lowest BCUT2D eigenvalue weighted by Gasteiger charge is -2.30. The molecule has 5 nitrogen and oxygen atoms in total. The lowest BCUT2D eigenvalue weighted by molar-refractivity contribution is 0.0817. The lowest BCUT2D eigenvalue weighted by Crippen LogP contribution is -2.39. The molecule has 0 saturated heterocycles. The fourth-order valence-corrected chi connectivity index (χ4v) is 2.37. The quantitative estimate of drug-likeness (QED) is 0.424. The van der Waals surface area contributed by atoms with Crippen LogP contribution in [-0.4, -0.2) is 50.9 Å². The zero-order valence-corrected chi connectivity index (χ0v) is 14.2. The number of carbonyl (C=O) groups is 2. The minimum atomic E-state index is -0.499. The molecule has 0 fully saturated rings. The first-order valence-corrected chi connectivity index (χ1v) is 7.72. The SMILES string of the molecule is COCCN(c1ccc(C(=O)C(=O)c2ccccc2)cc1)N(C)C. The van der Waals surface area contributed by atoms with Crippen LogP contribution in [0.4, 0.5) is 5.69 Å². The number of methoxy groups -OCH3 is 1. The number of ketones is 2. The van der Waals surface area contributed by atoms with Crippen molar-refractivity contribution in [2.45, 2.75) is 0 Å². The third-order valence-corrected chi connectivity index (χ3v) is 3.66. The fourth-order valence-electron chi connectivity index (χ4n) is 2.37. The fraction of sp³-hybridized carbons (Fsp3) is 0.263. The highest BCUT2D eigenvalue weighted by Crippen LogP contribution is 2.17. The molecule has 24 heavy (non-hydrogen) atoms. The Morgan fingerprint density at radius 3 is 1.92 bits per heavy atom. The summed E-state index contributed by atoms with van der Waals surface area (Å²) >= 11 is 0. The third-order valence-electron chi connectivity index (χ3n) is 3.66. The molecule has 0 aromatic heterocycles. The molecule has 0 N–H and O–H groups in total. The molecule has 2 aromatic carbocycles. The van der Waals surface area contributed by atoms with Crippen molar-refractivity contribution >= 4 is 17.3 Å². The zero-order valence-electron chi connectivity index (χ0n) is 14.2. The van der Waals surface area contributed by atoms with Gasteiger partial charge in [0.2, 0.25) is 11.6 Å². The average Bonchev–Trinajstić information content (AvgIpc) is 2.62. The molecule has 0 amide bonds. The highest BCUT2D eigenvalue weighted by molar-refractivity contribution is 6.49. The predicted octanol–water partition coefficient (Wildman–Crippen LogP) is 2.68. The van der Waals surface area contributed by atoms with Crippen LogP contribution in [0.25, 0.3) is 0 Å². The monoisotopic (exact) mass is 326 g/mol. The first-order valence-electron chi connectivity index (χ1n) is 7.72. The summed E-state index contributed by atoms with van der Waals surface area (Å²) in [4.78, 5) is 24.6. The van der Waals surface area contributed by atoms with Crippen LogP contribution in [0.5, 0.6) is 0 Å². The first-order chi connectivity index (χ1) is 11.5. The summed E-state index contributed by atoms with van der Waals surface area (Å²) in [6.07, 6.45) is 0. The summed E-state index contributed by atoms with van der Waals surface area (Å²) < 4.78 is 5.12. The van der Waals surface area contributed by atoms with E-state index in [0.717, 1.165) is 5.69 Å². The Balaban J connectivity index is 2.16. The minimum absolute atomic E-state index is 0.387. The normalized spacial score (nSPS) is 10.7. The smallest absolute Gasteiger partial charge is 0.233 e. The third kappa shape index (κ3) is 4.28. The molecule has 0 saturated carbocycles. The van der Waals surface area contributed by atoms with Crippen molar-refractivity contribution in [2.24, 2.45) is 0 Å². The van der Waals surface area contributed by atoms with E-state index in [2.05, 4.69) is 0 Å². The number of ether oxygens (including phenoxy) is 1. The lowest BCUT2D eigenvalue weighted by atomic mass is 10.0. The van der Waals surface area contributed by atoms with Crippen LogP contribution in [0.2, 0.25) is 0 Å². The van der Waals surface area contributed by atoms with Crippen molar-refractivity contribution in [3.05, 3.63) is 65.7 Å². The van der Waals surface area contributed by atoms with Crippen LogP contribution in [0.1, 0.15) is 20.7 Å². The number of carbonyl (C=O) groups excluding carboxylic acids is 2. The average molecular weight is 326 g/mol. The molecule has 0 heterocycles. The number of nitrogens with zero attached hydrogens (tertiary/aromatic N) is 2. The Morgan fingerprint density at radius 1 is 0.875 bits per heavy atom. The zero-order chi connectivity index (χ0) is 17.5. The maximum atomic E-state index is 12.3. The van der Waals surface area contributed by atoms with Gasteiger partial charge in [0.15, 0.2) is 0 Å². The topological polar surface area (TPSA) is 49.9 Å². The molecule has 0 radical (unpaired) electrons. The van der Waals surface area contributed by atoms with Gasteiger partial charge in [-0.2, -0.15) is 0 Å². The van der Waals surface area contributed by atoms with Gasteiger partial charge in [-0.1, -0.05) is 30.3 Å². The molecular weight excluding hydrogens is 304 g/mol. The van der Waals surface area contributed by atoms with Crippen molar-refractivity contribution in [3.8, 4) is 0 Å². The molecule has 0 unspecified atom stereocenters. The number of rotatable bonds is 8. The number of hydrogen-bond acceptors (Lipinski definition) is 5. The van der Waals surface area contributed by atoms with E-state index in [-0.39, 0.29) is 0 Å². The van der Waals surface area contributed by atoms with Gasteiger partial charge in [-0.3, -0.25) is 9.59 Å². The van der Waals surface area contributed by atoms with Crippen LogP contribution in [-0.2, 0) is 4.74 Å². The number of hydrogen-bond donors (Lipinski definition) is 0. The van der Waals surface area contributed by atoms with Gasteiger partial charge in [-0.15, -0.1) is 0 Å². The Labute approximate surface area is 142 Å². The minimum Gasteiger partial charge on any atom is -0.383 e. The van der Waals surface area contributed by atoms with Crippen LogP contribution >= 0.6 is 0 Å². The van der Waals surface area contributed by atoms with E-state index < -0.39 is 11.6 Å². The van der Waals surface area contributed by atoms with E-state index in [9.17, 15) is 9.59 Å². The number of anilines is 1. The van der Waals surface area contributed by atoms with Crippen molar-refractivity contribution in [1.82, 2.24) is 5.01 Å². The molecule has 5 heteroatoms. The Kier molecular flexibility index (Phi) is 6.23. The second kappa shape index (κ2) is 8.38. The highest BCUT2D eigenvalue weighted by atomic mass is 16.5. The highest BCUT2D eigenvalue weighted by Gasteiger charge is 2.18. The van der Waals surface area contributed by atoms with E-state index >= 15 is 0 Å². The van der Waals surface area contributed by atoms with Crippen molar-refractivity contribution in [3.63, 3.8) is 0 Å². The standard InChI is InChI=1S/C19H22N2O3/c1-20(2)21(13-14-24-3)17-11-9-16(10-12-17)19(23)18(22)15-7-5-4-6-8-15/h4-12H,13-14H2,1-3H3. The van der Waals surface area contributed by atoms with E-state index in [1.54, 1.807) is 43.5 Å². The second-order valence-corrected chi connectivity index (χ2v) is 5.53. The van der Waals surface area contributed by atoms with Crippen molar-refractivity contribution < 1.29 is 14.3 Å². The molecular formula is C19H22N2O3. The first kappa shape index (κ1) is 17.8. The maximum absolute atomic E-state index is 12.3. The summed E-state index contributed by atoms with van der Waals surface area (Å²) in [7, 11) is 5.53. The number of benzene rings is 2. The molecule has 0 aliphatic carbocycles. The van der Waals surface area contributed by atoms with E-state index in [0.29, 0.717) is 24.3 Å². The van der Waals surface area contributed by atoms with Crippen molar-refractivity contribution in [1.29, 1.82) is 0 Å². The van der Waals surface area contributed by atoms with Crippen LogP contribution < -0.4 is 5.01 Å². The van der Waals surface area contributed by atoms with Crippen LogP contribution in [0.15, 0.2) is 54.6 Å².